The standard InChI is InChI=1S/C15H20F3NO/c1-20-9-8-14(6-7-14)11-19-10-12-2-4-13(5-3-12)15(16,17)18/h2-5,19H,6-11H2,1H3. The lowest BCUT2D eigenvalue weighted by Gasteiger charge is -2.15. The Kier molecular flexibility index (Phi) is 4.70. The van der Waals surface area contributed by atoms with E-state index in [0.717, 1.165) is 37.3 Å². The molecule has 1 fully saturated rings. The van der Waals surface area contributed by atoms with Crippen molar-refractivity contribution in [3.63, 3.8) is 0 Å². The van der Waals surface area contributed by atoms with E-state index in [2.05, 4.69) is 5.32 Å². The summed E-state index contributed by atoms with van der Waals surface area (Å²) < 4.78 is 42.4. The van der Waals surface area contributed by atoms with Gasteiger partial charge in [0.1, 0.15) is 0 Å². The second-order valence-electron chi connectivity index (χ2n) is 5.54. The Morgan fingerprint density at radius 1 is 1.20 bits per heavy atom. The predicted molar refractivity (Wildman–Crippen MR) is 71.3 cm³/mol. The fourth-order valence-electron chi connectivity index (χ4n) is 2.29. The Morgan fingerprint density at radius 3 is 2.35 bits per heavy atom. The molecule has 0 saturated heterocycles. The molecule has 0 bridgehead atoms. The van der Waals surface area contributed by atoms with E-state index < -0.39 is 11.7 Å². The minimum absolute atomic E-state index is 0.349. The summed E-state index contributed by atoms with van der Waals surface area (Å²) in [5.74, 6) is 0. The molecule has 0 radical (unpaired) electrons. The Morgan fingerprint density at radius 2 is 1.85 bits per heavy atom. The van der Waals surface area contributed by atoms with Crippen LogP contribution in [0.25, 0.3) is 0 Å². The van der Waals surface area contributed by atoms with Crippen LogP contribution in [0.15, 0.2) is 24.3 Å². The number of hydrogen-bond acceptors (Lipinski definition) is 2. The third kappa shape index (κ3) is 4.21. The molecular weight excluding hydrogens is 267 g/mol. The van der Waals surface area contributed by atoms with Gasteiger partial charge in [-0.3, -0.25) is 0 Å². The molecule has 1 aliphatic rings. The smallest absolute Gasteiger partial charge is 0.385 e. The van der Waals surface area contributed by atoms with Crippen molar-refractivity contribution in [1.29, 1.82) is 0 Å². The van der Waals surface area contributed by atoms with E-state index in [1.807, 2.05) is 0 Å². The summed E-state index contributed by atoms with van der Waals surface area (Å²) >= 11 is 0. The molecule has 2 rings (SSSR count). The number of rotatable bonds is 7. The van der Waals surface area contributed by atoms with Crippen molar-refractivity contribution in [3.8, 4) is 0 Å². The number of hydrogen-bond donors (Lipinski definition) is 1. The second-order valence-corrected chi connectivity index (χ2v) is 5.54. The molecule has 0 unspecified atom stereocenters. The fourth-order valence-corrected chi connectivity index (χ4v) is 2.29. The maximum Gasteiger partial charge on any atom is 0.416 e. The molecule has 0 atom stereocenters. The first-order valence-electron chi connectivity index (χ1n) is 6.81. The molecule has 1 aliphatic carbocycles. The quantitative estimate of drug-likeness (QED) is 0.827. The van der Waals surface area contributed by atoms with Crippen LogP contribution in [0, 0.1) is 5.41 Å². The molecule has 5 heteroatoms. The largest absolute Gasteiger partial charge is 0.416 e. The van der Waals surface area contributed by atoms with Crippen LogP contribution in [0.3, 0.4) is 0 Å². The highest BCUT2D eigenvalue weighted by Gasteiger charge is 2.41. The summed E-state index contributed by atoms with van der Waals surface area (Å²) in [6.45, 7) is 2.27. The molecule has 1 aromatic carbocycles. The maximum absolute atomic E-state index is 12.4. The van der Waals surface area contributed by atoms with Crippen molar-refractivity contribution in [3.05, 3.63) is 35.4 Å². The fraction of sp³-hybridized carbons (Fsp3) is 0.600. The average Bonchev–Trinajstić information content (AvgIpc) is 3.16. The monoisotopic (exact) mass is 287 g/mol. The Balaban J connectivity index is 1.77. The van der Waals surface area contributed by atoms with E-state index in [4.69, 9.17) is 4.74 Å². The zero-order valence-corrected chi connectivity index (χ0v) is 11.6. The van der Waals surface area contributed by atoms with E-state index in [9.17, 15) is 13.2 Å². The molecule has 0 heterocycles. The molecule has 112 valence electrons. The van der Waals surface area contributed by atoms with Crippen LogP contribution in [0.1, 0.15) is 30.4 Å². The number of halogens is 3. The highest BCUT2D eigenvalue weighted by Crippen LogP contribution is 2.48. The van der Waals surface area contributed by atoms with Gasteiger partial charge in [0, 0.05) is 26.8 Å². The summed E-state index contributed by atoms with van der Waals surface area (Å²) in [7, 11) is 1.70. The van der Waals surface area contributed by atoms with Crippen LogP contribution >= 0.6 is 0 Å². The third-order valence-corrected chi connectivity index (χ3v) is 3.90. The van der Waals surface area contributed by atoms with Gasteiger partial charge in [0.2, 0.25) is 0 Å². The van der Waals surface area contributed by atoms with Gasteiger partial charge >= 0.3 is 6.18 Å². The molecule has 0 amide bonds. The number of methoxy groups -OCH3 is 1. The summed E-state index contributed by atoms with van der Waals surface area (Å²) in [5, 5.41) is 3.33. The molecule has 1 aromatic rings. The van der Waals surface area contributed by atoms with Gasteiger partial charge in [0.15, 0.2) is 0 Å². The number of nitrogens with one attached hydrogen (secondary N) is 1. The Labute approximate surface area is 117 Å². The van der Waals surface area contributed by atoms with Crippen molar-refractivity contribution >= 4 is 0 Å². The third-order valence-electron chi connectivity index (χ3n) is 3.90. The molecule has 1 saturated carbocycles. The maximum atomic E-state index is 12.4. The summed E-state index contributed by atoms with van der Waals surface area (Å²) in [4.78, 5) is 0. The molecule has 1 N–H and O–H groups in total. The van der Waals surface area contributed by atoms with Gasteiger partial charge in [0.25, 0.3) is 0 Å². The first kappa shape index (κ1) is 15.3. The van der Waals surface area contributed by atoms with Crippen LogP contribution in [-0.2, 0) is 17.5 Å². The molecule has 20 heavy (non-hydrogen) atoms. The minimum Gasteiger partial charge on any atom is -0.385 e. The highest BCUT2D eigenvalue weighted by atomic mass is 19.4. The van der Waals surface area contributed by atoms with E-state index in [1.54, 1.807) is 7.11 Å². The van der Waals surface area contributed by atoms with Crippen LogP contribution in [0.2, 0.25) is 0 Å². The van der Waals surface area contributed by atoms with Crippen molar-refractivity contribution in [2.75, 3.05) is 20.3 Å². The Bertz CT molecular complexity index is 424. The Hall–Kier alpha value is -1.07. The molecule has 0 aliphatic heterocycles. The van der Waals surface area contributed by atoms with E-state index >= 15 is 0 Å². The lowest BCUT2D eigenvalue weighted by Crippen LogP contribution is -2.24. The van der Waals surface area contributed by atoms with Crippen LogP contribution in [0.5, 0.6) is 0 Å². The van der Waals surface area contributed by atoms with Gasteiger partial charge < -0.3 is 10.1 Å². The van der Waals surface area contributed by atoms with Crippen LogP contribution in [-0.4, -0.2) is 20.3 Å². The number of benzene rings is 1. The van der Waals surface area contributed by atoms with E-state index in [1.165, 1.54) is 25.0 Å². The topological polar surface area (TPSA) is 21.3 Å². The van der Waals surface area contributed by atoms with Crippen LogP contribution in [0.4, 0.5) is 13.2 Å². The summed E-state index contributed by atoms with van der Waals surface area (Å²) in [6.07, 6.45) is -0.805. The molecule has 2 nitrogen and oxygen atoms in total. The van der Waals surface area contributed by atoms with E-state index in [-0.39, 0.29) is 0 Å². The zero-order chi connectivity index (χ0) is 14.6. The average molecular weight is 287 g/mol. The first-order chi connectivity index (χ1) is 9.45. The second kappa shape index (κ2) is 6.14. The summed E-state index contributed by atoms with van der Waals surface area (Å²) in [6, 6.07) is 5.33. The number of ether oxygens (including phenoxy) is 1. The van der Waals surface area contributed by atoms with Gasteiger partial charge in [0.05, 0.1) is 5.56 Å². The van der Waals surface area contributed by atoms with E-state index in [0.29, 0.717) is 12.0 Å². The van der Waals surface area contributed by atoms with Crippen LogP contribution < -0.4 is 5.32 Å². The zero-order valence-electron chi connectivity index (χ0n) is 11.6. The van der Waals surface area contributed by atoms with Crippen molar-refractivity contribution in [1.82, 2.24) is 5.32 Å². The molecular formula is C15H20F3NO. The lowest BCUT2D eigenvalue weighted by molar-refractivity contribution is -0.137. The van der Waals surface area contributed by atoms with Crippen molar-refractivity contribution in [2.45, 2.75) is 32.0 Å². The van der Waals surface area contributed by atoms with Gasteiger partial charge in [-0.05, 0) is 42.4 Å². The van der Waals surface area contributed by atoms with Gasteiger partial charge in [-0.25, -0.2) is 0 Å². The van der Waals surface area contributed by atoms with Gasteiger partial charge in [-0.15, -0.1) is 0 Å². The first-order valence-corrected chi connectivity index (χ1v) is 6.81. The molecule has 0 spiro atoms. The summed E-state index contributed by atoms with van der Waals surface area (Å²) in [5.41, 5.74) is 0.627. The number of alkyl halides is 3. The van der Waals surface area contributed by atoms with Crippen molar-refractivity contribution in [2.24, 2.45) is 5.41 Å². The highest BCUT2D eigenvalue weighted by molar-refractivity contribution is 5.24. The predicted octanol–water partition coefficient (Wildman–Crippen LogP) is 3.61. The SMILES string of the molecule is COCCC1(CNCc2ccc(C(F)(F)F)cc2)CC1. The lowest BCUT2D eigenvalue weighted by atomic mass is 10.0. The van der Waals surface area contributed by atoms with Crippen molar-refractivity contribution < 1.29 is 17.9 Å². The van der Waals surface area contributed by atoms with Gasteiger partial charge in [-0.2, -0.15) is 13.2 Å². The normalized spacial score (nSPS) is 17.2. The van der Waals surface area contributed by atoms with Gasteiger partial charge in [-0.1, -0.05) is 12.1 Å². The molecule has 0 aromatic heterocycles. The minimum atomic E-state index is -4.26.